The van der Waals surface area contributed by atoms with E-state index < -0.39 is 10.9 Å². The zero-order valence-electron chi connectivity index (χ0n) is 11.9. The number of hydrogen-bond acceptors (Lipinski definition) is 6. The van der Waals surface area contributed by atoms with E-state index in [0.717, 1.165) is 25.9 Å². The van der Waals surface area contributed by atoms with Crippen LogP contribution in [-0.4, -0.2) is 34.8 Å². The highest BCUT2D eigenvalue weighted by Crippen LogP contribution is 2.20. The average Bonchev–Trinajstić information content (AvgIpc) is 2.89. The van der Waals surface area contributed by atoms with Crippen molar-refractivity contribution in [1.82, 2.24) is 4.90 Å². The lowest BCUT2D eigenvalue weighted by atomic mass is 10.1. The van der Waals surface area contributed by atoms with Crippen molar-refractivity contribution in [1.29, 1.82) is 0 Å². The number of piperidine rings is 1. The topological polar surface area (TPSA) is 85.0 Å². The van der Waals surface area contributed by atoms with Crippen LogP contribution >= 0.6 is 0 Å². The van der Waals surface area contributed by atoms with Crippen molar-refractivity contribution in [2.75, 3.05) is 13.1 Å². The van der Waals surface area contributed by atoms with Gasteiger partial charge in [-0.1, -0.05) is 0 Å². The number of nitro benzene ring substituents is 1. The Morgan fingerprint density at radius 2 is 1.86 bits per heavy atom. The predicted octanol–water partition coefficient (Wildman–Crippen LogP) is 2.23. The molecule has 2 aliphatic rings. The molecule has 0 aliphatic carbocycles. The summed E-state index contributed by atoms with van der Waals surface area (Å²) < 4.78 is 5.15. The second kappa shape index (κ2) is 5.97. The Kier molecular flexibility index (Phi) is 3.86. The first-order chi connectivity index (χ1) is 10.6. The van der Waals surface area contributed by atoms with Crippen molar-refractivity contribution in [3.05, 3.63) is 51.8 Å². The standard InChI is InChI=1S/C15H15N3O4/c19-15-13(10-17-8-2-1-3-9-17)16-14(22-15)11-4-6-12(7-5-11)18(20)21/h4-7,10H,1-3,8-9H2/b13-10-. The van der Waals surface area contributed by atoms with Gasteiger partial charge in [0.1, 0.15) is 0 Å². The summed E-state index contributed by atoms with van der Waals surface area (Å²) in [7, 11) is 0. The second-order valence-electron chi connectivity index (χ2n) is 5.22. The van der Waals surface area contributed by atoms with Crippen LogP contribution in [0.15, 0.2) is 41.2 Å². The van der Waals surface area contributed by atoms with Gasteiger partial charge in [0.15, 0.2) is 5.70 Å². The summed E-state index contributed by atoms with van der Waals surface area (Å²) >= 11 is 0. The number of carbonyl (C=O) groups is 1. The van der Waals surface area contributed by atoms with Gasteiger partial charge in [0.05, 0.1) is 4.92 Å². The fourth-order valence-electron chi connectivity index (χ4n) is 2.47. The smallest absolute Gasteiger partial charge is 0.365 e. The van der Waals surface area contributed by atoms with Crippen molar-refractivity contribution >= 4 is 17.6 Å². The van der Waals surface area contributed by atoms with E-state index in [2.05, 4.69) is 9.89 Å². The van der Waals surface area contributed by atoms with Gasteiger partial charge in [-0.05, 0) is 31.4 Å². The van der Waals surface area contributed by atoms with E-state index >= 15 is 0 Å². The van der Waals surface area contributed by atoms with Gasteiger partial charge in [-0.15, -0.1) is 0 Å². The summed E-state index contributed by atoms with van der Waals surface area (Å²) in [6.07, 6.45) is 5.16. The van der Waals surface area contributed by atoms with Gasteiger partial charge in [0.2, 0.25) is 5.90 Å². The highest BCUT2D eigenvalue weighted by molar-refractivity contribution is 6.11. The summed E-state index contributed by atoms with van der Waals surface area (Å²) in [6.45, 7) is 1.83. The van der Waals surface area contributed by atoms with E-state index in [4.69, 9.17) is 4.74 Å². The van der Waals surface area contributed by atoms with Crippen LogP contribution in [0, 0.1) is 10.1 Å². The number of nitro groups is 1. The van der Waals surface area contributed by atoms with Crippen molar-refractivity contribution in [2.24, 2.45) is 4.99 Å². The summed E-state index contributed by atoms with van der Waals surface area (Å²) in [5.74, 6) is -0.304. The Balaban J connectivity index is 1.79. The maximum Gasteiger partial charge on any atom is 0.365 e. The van der Waals surface area contributed by atoms with Gasteiger partial charge >= 0.3 is 5.97 Å². The number of esters is 1. The van der Waals surface area contributed by atoms with Crippen LogP contribution < -0.4 is 0 Å². The SMILES string of the molecule is O=C1OC(c2ccc([N+](=O)[O-])cc2)=N/C1=C\N1CCCCC1. The van der Waals surface area contributed by atoms with Gasteiger partial charge < -0.3 is 9.64 Å². The van der Waals surface area contributed by atoms with E-state index in [0.29, 0.717) is 5.56 Å². The molecule has 114 valence electrons. The minimum absolute atomic E-state index is 0.0160. The van der Waals surface area contributed by atoms with Gasteiger partial charge in [-0.25, -0.2) is 9.79 Å². The number of nitrogens with zero attached hydrogens (tertiary/aromatic N) is 3. The first kappa shape index (κ1) is 14.2. The highest BCUT2D eigenvalue weighted by atomic mass is 16.6. The van der Waals surface area contributed by atoms with E-state index in [1.807, 2.05) is 0 Å². The molecule has 1 fully saturated rings. The van der Waals surface area contributed by atoms with Crippen LogP contribution in [0.2, 0.25) is 0 Å². The molecule has 0 saturated carbocycles. The van der Waals surface area contributed by atoms with Gasteiger partial charge in [0.25, 0.3) is 5.69 Å². The first-order valence-electron chi connectivity index (χ1n) is 7.15. The zero-order chi connectivity index (χ0) is 15.5. The predicted molar refractivity (Wildman–Crippen MR) is 79.2 cm³/mol. The van der Waals surface area contributed by atoms with Crippen LogP contribution in [0.3, 0.4) is 0 Å². The Morgan fingerprint density at radius 3 is 2.50 bits per heavy atom. The molecule has 1 aromatic carbocycles. The Labute approximate surface area is 127 Å². The lowest BCUT2D eigenvalue weighted by molar-refractivity contribution is -0.384. The van der Waals surface area contributed by atoms with E-state index in [1.54, 1.807) is 6.20 Å². The normalized spacial score (nSPS) is 20.0. The minimum atomic E-state index is -0.487. The molecule has 0 atom stereocenters. The molecular weight excluding hydrogens is 286 g/mol. The van der Waals surface area contributed by atoms with Crippen LogP contribution in [0.4, 0.5) is 5.69 Å². The van der Waals surface area contributed by atoms with Gasteiger partial charge in [0, 0.05) is 37.0 Å². The third-order valence-electron chi connectivity index (χ3n) is 3.64. The number of non-ortho nitro benzene ring substituents is 1. The van der Waals surface area contributed by atoms with Crippen molar-refractivity contribution in [3.8, 4) is 0 Å². The molecule has 0 bridgehead atoms. The van der Waals surface area contributed by atoms with E-state index in [1.165, 1.54) is 30.7 Å². The van der Waals surface area contributed by atoms with Crippen LogP contribution in [-0.2, 0) is 9.53 Å². The molecule has 0 unspecified atom stereocenters. The molecule has 0 N–H and O–H groups in total. The molecule has 22 heavy (non-hydrogen) atoms. The molecule has 7 heteroatoms. The fraction of sp³-hybridized carbons (Fsp3) is 0.333. The lowest BCUT2D eigenvalue weighted by Gasteiger charge is -2.24. The lowest BCUT2D eigenvalue weighted by Crippen LogP contribution is -2.25. The van der Waals surface area contributed by atoms with Crippen molar-refractivity contribution in [3.63, 3.8) is 0 Å². The maximum atomic E-state index is 11.9. The molecule has 7 nitrogen and oxygen atoms in total. The fourth-order valence-corrected chi connectivity index (χ4v) is 2.47. The van der Waals surface area contributed by atoms with Crippen LogP contribution in [0.5, 0.6) is 0 Å². The second-order valence-corrected chi connectivity index (χ2v) is 5.22. The molecule has 0 spiro atoms. The largest absolute Gasteiger partial charge is 0.402 e. The monoisotopic (exact) mass is 301 g/mol. The minimum Gasteiger partial charge on any atom is -0.402 e. The third kappa shape index (κ3) is 2.98. The molecule has 1 saturated heterocycles. The molecule has 0 radical (unpaired) electrons. The molecule has 2 aliphatic heterocycles. The number of rotatable bonds is 3. The number of benzene rings is 1. The number of aliphatic imine (C=N–C) groups is 1. The molecule has 0 amide bonds. The zero-order valence-corrected chi connectivity index (χ0v) is 11.9. The van der Waals surface area contributed by atoms with Gasteiger partial charge in [-0.3, -0.25) is 10.1 Å². The van der Waals surface area contributed by atoms with E-state index in [9.17, 15) is 14.9 Å². The molecule has 3 rings (SSSR count). The Hall–Kier alpha value is -2.70. The summed E-state index contributed by atoms with van der Waals surface area (Å²) in [6, 6.07) is 5.76. The third-order valence-corrected chi connectivity index (χ3v) is 3.64. The van der Waals surface area contributed by atoms with Crippen molar-refractivity contribution < 1.29 is 14.5 Å². The summed E-state index contributed by atoms with van der Waals surface area (Å²) in [4.78, 5) is 28.3. The van der Waals surface area contributed by atoms with Crippen molar-refractivity contribution in [2.45, 2.75) is 19.3 Å². The summed E-state index contributed by atoms with van der Waals surface area (Å²) in [5, 5.41) is 10.6. The molecule has 1 aromatic rings. The Bertz CT molecular complexity index is 658. The number of cyclic esters (lactones) is 1. The molecule has 2 heterocycles. The highest BCUT2D eigenvalue weighted by Gasteiger charge is 2.25. The Morgan fingerprint density at radius 1 is 1.18 bits per heavy atom. The van der Waals surface area contributed by atoms with Crippen LogP contribution in [0.1, 0.15) is 24.8 Å². The van der Waals surface area contributed by atoms with Crippen LogP contribution in [0.25, 0.3) is 0 Å². The van der Waals surface area contributed by atoms with E-state index in [-0.39, 0.29) is 17.3 Å². The number of hydrogen-bond donors (Lipinski definition) is 0. The first-order valence-corrected chi connectivity index (χ1v) is 7.15. The number of ether oxygens (including phenoxy) is 1. The van der Waals surface area contributed by atoms with Gasteiger partial charge in [-0.2, -0.15) is 0 Å². The maximum absolute atomic E-state index is 11.9. The summed E-state index contributed by atoms with van der Waals surface area (Å²) in [5.41, 5.74) is 0.800. The number of carbonyl (C=O) groups excluding carboxylic acids is 1. The number of likely N-dealkylation sites (tertiary alicyclic amines) is 1. The molecular formula is C15H15N3O4. The average molecular weight is 301 g/mol. The molecule has 0 aromatic heterocycles. The quantitative estimate of drug-likeness (QED) is 0.370.